The molecule has 12 nitrogen and oxygen atoms in total. The number of hydrogen-bond acceptors (Lipinski definition) is 8. The SMILES string of the molecule is N#[N+]c1ccc([N+](=O)[O-])c([N+](=O)[O-])c1.O=S(=O)([O-])O. The Morgan fingerprint density at radius 2 is 1.58 bits per heavy atom. The molecule has 19 heavy (non-hydrogen) atoms. The first kappa shape index (κ1) is 16.3. The van der Waals surface area contributed by atoms with Crippen molar-refractivity contribution >= 4 is 27.5 Å². The molecule has 102 valence electrons. The number of nitro groups is 2. The quantitative estimate of drug-likeness (QED) is 0.272. The monoisotopic (exact) mass is 292 g/mol. The summed E-state index contributed by atoms with van der Waals surface area (Å²) in [4.78, 5) is 21.6. The van der Waals surface area contributed by atoms with Crippen LogP contribution in [0.3, 0.4) is 0 Å². The first-order valence-electron chi connectivity index (χ1n) is 4.02. The summed E-state index contributed by atoms with van der Waals surface area (Å²) in [7, 11) is -4.92. The summed E-state index contributed by atoms with van der Waals surface area (Å²) in [6.45, 7) is 0. The second-order valence-corrected chi connectivity index (χ2v) is 3.57. The van der Waals surface area contributed by atoms with E-state index in [-0.39, 0.29) is 5.69 Å². The molecule has 0 atom stereocenters. The second-order valence-electron chi connectivity index (χ2n) is 2.71. The smallest absolute Gasteiger partial charge is 0.392 e. The topological polar surface area (TPSA) is 192 Å². The Kier molecular flexibility index (Phi) is 5.41. The minimum Gasteiger partial charge on any atom is -0.726 e. The van der Waals surface area contributed by atoms with Crippen LogP contribution in [-0.4, -0.2) is 27.4 Å². The second kappa shape index (κ2) is 6.30. The highest BCUT2D eigenvalue weighted by molar-refractivity contribution is 7.79. The molecule has 0 spiro atoms. The standard InChI is InChI=1S/C6H3N4O4.H2O4S/c7-8-4-1-2-5(9(11)12)6(3-4)10(13)14;1-5(2,3)4/h1-3H;(H2,1,2,3,4)/q+1;/p-1. The van der Waals surface area contributed by atoms with Crippen molar-refractivity contribution in [1.82, 2.24) is 0 Å². The van der Waals surface area contributed by atoms with Crippen molar-refractivity contribution in [1.29, 1.82) is 5.39 Å². The van der Waals surface area contributed by atoms with E-state index in [4.69, 9.17) is 22.9 Å². The van der Waals surface area contributed by atoms with E-state index in [0.717, 1.165) is 18.2 Å². The highest BCUT2D eigenvalue weighted by Crippen LogP contribution is 2.30. The van der Waals surface area contributed by atoms with Crippen LogP contribution in [0.15, 0.2) is 18.2 Å². The maximum absolute atomic E-state index is 10.4. The van der Waals surface area contributed by atoms with Gasteiger partial charge in [-0.1, -0.05) is 0 Å². The van der Waals surface area contributed by atoms with E-state index in [1.165, 1.54) is 0 Å². The van der Waals surface area contributed by atoms with Gasteiger partial charge in [0, 0.05) is 12.1 Å². The van der Waals surface area contributed by atoms with Crippen LogP contribution < -0.4 is 0 Å². The largest absolute Gasteiger partial charge is 0.726 e. The maximum atomic E-state index is 10.4. The molecule has 1 rings (SSSR count). The van der Waals surface area contributed by atoms with Crippen LogP contribution in [-0.2, 0) is 10.4 Å². The third-order valence-electron chi connectivity index (χ3n) is 1.47. The average molecular weight is 292 g/mol. The molecule has 0 amide bonds. The highest BCUT2D eigenvalue weighted by atomic mass is 32.3. The Bertz CT molecular complexity index is 640. The van der Waals surface area contributed by atoms with Gasteiger partial charge in [0.1, 0.15) is 6.07 Å². The number of hydrogen-bond donors (Lipinski definition) is 1. The summed E-state index contributed by atoms with van der Waals surface area (Å²) in [6, 6.07) is 2.83. The van der Waals surface area contributed by atoms with Crippen molar-refractivity contribution < 1.29 is 27.4 Å². The number of nitro benzene ring substituents is 2. The summed E-state index contributed by atoms with van der Waals surface area (Å²) >= 11 is 0. The van der Waals surface area contributed by atoms with Crippen molar-refractivity contribution in [2.45, 2.75) is 0 Å². The summed E-state index contributed by atoms with van der Waals surface area (Å²) in [5, 5.41) is 29.0. The van der Waals surface area contributed by atoms with Crippen molar-refractivity contribution in [3.63, 3.8) is 0 Å². The minimum atomic E-state index is -4.92. The van der Waals surface area contributed by atoms with E-state index in [1.807, 2.05) is 0 Å². The third-order valence-corrected chi connectivity index (χ3v) is 1.47. The molecule has 0 radical (unpaired) electrons. The molecule has 0 aliphatic heterocycles. The lowest BCUT2D eigenvalue weighted by molar-refractivity contribution is -0.422. The molecule has 0 bridgehead atoms. The number of rotatable bonds is 2. The van der Waals surface area contributed by atoms with Gasteiger partial charge in [-0.3, -0.25) is 24.8 Å². The molecule has 0 unspecified atom stereocenters. The molecule has 0 saturated carbocycles. The fourth-order valence-electron chi connectivity index (χ4n) is 0.875. The zero-order chi connectivity index (χ0) is 15.2. The molecule has 1 aromatic rings. The molecule has 0 aliphatic carbocycles. The van der Waals surface area contributed by atoms with Crippen LogP contribution >= 0.6 is 0 Å². The highest BCUT2D eigenvalue weighted by Gasteiger charge is 2.27. The van der Waals surface area contributed by atoms with Crippen LogP contribution in [0.25, 0.3) is 4.98 Å². The Labute approximate surface area is 104 Å². The van der Waals surface area contributed by atoms with Crippen LogP contribution in [0, 0.1) is 25.6 Å². The minimum absolute atomic E-state index is 0.109. The predicted molar refractivity (Wildman–Crippen MR) is 56.8 cm³/mol. The lowest BCUT2D eigenvalue weighted by Gasteiger charge is -1.90. The van der Waals surface area contributed by atoms with Gasteiger partial charge in [0.05, 0.1) is 9.85 Å². The van der Waals surface area contributed by atoms with E-state index in [9.17, 15) is 20.2 Å². The molecule has 0 aromatic heterocycles. The third kappa shape index (κ3) is 6.58. The van der Waals surface area contributed by atoms with Gasteiger partial charge in [-0.2, -0.15) is 0 Å². The molecule has 0 fully saturated rings. The van der Waals surface area contributed by atoms with Gasteiger partial charge in [0.2, 0.25) is 15.8 Å². The Morgan fingerprint density at radius 1 is 1.16 bits per heavy atom. The van der Waals surface area contributed by atoms with Crippen LogP contribution in [0.1, 0.15) is 0 Å². The van der Waals surface area contributed by atoms with Crippen molar-refractivity contribution in [3.8, 4) is 0 Å². The van der Waals surface area contributed by atoms with Gasteiger partial charge in [0.15, 0.2) is 4.98 Å². The summed E-state index contributed by atoms with van der Waals surface area (Å²) < 4.78 is 32.8. The Hall–Kier alpha value is -2.69. The van der Waals surface area contributed by atoms with Gasteiger partial charge in [-0.25, -0.2) is 8.42 Å². The number of diazo groups is 1. The first-order valence-corrected chi connectivity index (χ1v) is 5.39. The van der Waals surface area contributed by atoms with E-state index in [2.05, 4.69) is 4.98 Å². The van der Waals surface area contributed by atoms with Crippen LogP contribution in [0.5, 0.6) is 0 Å². The Morgan fingerprint density at radius 3 is 1.89 bits per heavy atom. The van der Waals surface area contributed by atoms with Gasteiger partial charge in [0.25, 0.3) is 0 Å². The van der Waals surface area contributed by atoms with Crippen molar-refractivity contribution in [2.75, 3.05) is 0 Å². The van der Waals surface area contributed by atoms with Crippen molar-refractivity contribution in [3.05, 3.63) is 43.4 Å². The fourth-order valence-corrected chi connectivity index (χ4v) is 0.875. The van der Waals surface area contributed by atoms with Gasteiger partial charge < -0.3 is 4.55 Å². The van der Waals surface area contributed by atoms with Crippen molar-refractivity contribution in [2.24, 2.45) is 0 Å². The zero-order valence-electron chi connectivity index (χ0n) is 8.73. The Balaban J connectivity index is 0.000000555. The molecule has 0 saturated heterocycles. The molecule has 0 heterocycles. The maximum Gasteiger partial charge on any atom is 0.392 e. The van der Waals surface area contributed by atoms with Crippen LogP contribution in [0.2, 0.25) is 0 Å². The molecule has 1 aromatic carbocycles. The van der Waals surface area contributed by atoms with Gasteiger partial charge >= 0.3 is 17.1 Å². The van der Waals surface area contributed by atoms with E-state index >= 15 is 0 Å². The van der Waals surface area contributed by atoms with E-state index < -0.39 is 31.6 Å². The average Bonchev–Trinajstić information content (AvgIpc) is 2.25. The van der Waals surface area contributed by atoms with E-state index in [1.54, 1.807) is 0 Å². The van der Waals surface area contributed by atoms with Gasteiger partial charge in [-0.15, -0.1) is 0 Å². The summed E-state index contributed by atoms with van der Waals surface area (Å²) in [6.07, 6.45) is 0. The number of benzene rings is 1. The predicted octanol–water partition coefficient (Wildman–Crippen LogP) is 0.992. The first-order chi connectivity index (χ1) is 8.56. The fraction of sp³-hybridized carbons (Fsp3) is 0. The molecule has 13 heteroatoms. The lowest BCUT2D eigenvalue weighted by Crippen LogP contribution is -1.95. The number of nitrogens with zero attached hydrogens (tertiary/aromatic N) is 4. The van der Waals surface area contributed by atoms with Gasteiger partial charge in [-0.05, 0) is 0 Å². The van der Waals surface area contributed by atoms with Crippen LogP contribution in [0.4, 0.5) is 17.1 Å². The van der Waals surface area contributed by atoms with E-state index in [0.29, 0.717) is 0 Å². The summed E-state index contributed by atoms with van der Waals surface area (Å²) in [5.74, 6) is 0. The summed E-state index contributed by atoms with van der Waals surface area (Å²) in [5.41, 5.74) is -1.45. The zero-order valence-corrected chi connectivity index (χ0v) is 9.55. The normalized spacial score (nSPS) is 9.74. The molecular weight excluding hydrogens is 288 g/mol. The molecule has 1 N–H and O–H groups in total. The lowest BCUT2D eigenvalue weighted by atomic mass is 10.2. The molecular formula is C6H4N4O8S. The molecule has 0 aliphatic rings.